The molecule has 0 saturated heterocycles. The van der Waals surface area contributed by atoms with Crippen molar-refractivity contribution in [2.24, 2.45) is 12.8 Å². The Morgan fingerprint density at radius 1 is 1.33 bits per heavy atom. The molecule has 15 heavy (non-hydrogen) atoms. The minimum Gasteiger partial charge on any atom is -0.331 e. The van der Waals surface area contributed by atoms with Gasteiger partial charge in [-0.05, 0) is 6.54 Å². The van der Waals surface area contributed by atoms with Gasteiger partial charge in [0.1, 0.15) is 5.69 Å². The van der Waals surface area contributed by atoms with Gasteiger partial charge in [0.15, 0.2) is 0 Å². The molecule has 2 aromatic heterocycles. The molecule has 0 amide bonds. The van der Waals surface area contributed by atoms with Crippen LogP contribution in [-0.4, -0.2) is 31.1 Å². The van der Waals surface area contributed by atoms with Crippen LogP contribution < -0.4 is 5.73 Å². The molecule has 0 bridgehead atoms. The fourth-order valence-corrected chi connectivity index (χ4v) is 1.42. The molecular weight excluding hydrogens is 192 g/mol. The van der Waals surface area contributed by atoms with Crippen LogP contribution in [0.3, 0.4) is 0 Å². The highest BCUT2D eigenvalue weighted by Crippen LogP contribution is 2.00. The van der Waals surface area contributed by atoms with Crippen LogP contribution >= 0.6 is 0 Å². The molecule has 0 radical (unpaired) electrons. The summed E-state index contributed by atoms with van der Waals surface area (Å²) in [6.07, 6.45) is 6.48. The molecule has 2 heterocycles. The van der Waals surface area contributed by atoms with Gasteiger partial charge in [0.2, 0.25) is 0 Å². The Morgan fingerprint density at radius 2 is 2.20 bits per heavy atom. The molecule has 0 aromatic carbocycles. The first-order valence-corrected chi connectivity index (χ1v) is 4.84. The van der Waals surface area contributed by atoms with E-state index in [0.29, 0.717) is 13.1 Å². The molecule has 0 saturated carbocycles. The lowest BCUT2D eigenvalue weighted by Gasteiger charge is -1.95. The van der Waals surface area contributed by atoms with Crippen LogP contribution in [0.1, 0.15) is 11.4 Å². The predicted molar refractivity (Wildman–Crippen MR) is 55.1 cm³/mol. The van der Waals surface area contributed by atoms with Gasteiger partial charge in [-0.2, -0.15) is 0 Å². The van der Waals surface area contributed by atoms with Crippen molar-refractivity contribution >= 4 is 0 Å². The fourth-order valence-electron chi connectivity index (χ4n) is 1.42. The quantitative estimate of drug-likeness (QED) is 0.736. The Kier molecular flexibility index (Phi) is 2.77. The van der Waals surface area contributed by atoms with Crippen molar-refractivity contribution in [3.8, 4) is 0 Å². The van der Waals surface area contributed by atoms with Crippen molar-refractivity contribution in [3.63, 3.8) is 0 Å². The molecule has 2 aromatic rings. The third kappa shape index (κ3) is 2.41. The lowest BCUT2D eigenvalue weighted by Crippen LogP contribution is -2.02. The Balaban J connectivity index is 2.04. The fraction of sp³-hybridized carbons (Fsp3) is 0.444. The standard InChI is InChI=1S/C9H14N6/c1-14-4-9(12-13-14)6-15-5-8(2-3-10)11-7-15/h4-5,7H,2-3,6,10H2,1H3. The molecule has 0 aliphatic heterocycles. The molecular formula is C9H14N6. The number of nitrogens with two attached hydrogens (primary N) is 1. The highest BCUT2D eigenvalue weighted by Gasteiger charge is 2.01. The molecule has 0 unspecified atom stereocenters. The average Bonchev–Trinajstić information content (AvgIpc) is 2.78. The smallest absolute Gasteiger partial charge is 0.102 e. The number of imidazole rings is 1. The molecule has 2 rings (SSSR count). The minimum atomic E-state index is 0.627. The summed E-state index contributed by atoms with van der Waals surface area (Å²) in [5.74, 6) is 0. The monoisotopic (exact) mass is 206 g/mol. The third-order valence-corrected chi connectivity index (χ3v) is 2.08. The van der Waals surface area contributed by atoms with Crippen molar-refractivity contribution in [1.29, 1.82) is 0 Å². The Hall–Kier alpha value is -1.69. The van der Waals surface area contributed by atoms with E-state index in [4.69, 9.17) is 5.73 Å². The zero-order valence-electron chi connectivity index (χ0n) is 8.67. The van der Waals surface area contributed by atoms with Crippen LogP contribution in [0, 0.1) is 0 Å². The second kappa shape index (κ2) is 4.22. The van der Waals surface area contributed by atoms with Gasteiger partial charge in [-0.3, -0.25) is 4.68 Å². The SMILES string of the molecule is Cn1cc(Cn2cnc(CCN)c2)nn1. The zero-order valence-corrected chi connectivity index (χ0v) is 8.67. The zero-order chi connectivity index (χ0) is 10.7. The molecule has 2 N–H and O–H groups in total. The summed E-state index contributed by atoms with van der Waals surface area (Å²) in [7, 11) is 1.85. The van der Waals surface area contributed by atoms with Gasteiger partial charge < -0.3 is 10.3 Å². The molecule has 6 nitrogen and oxygen atoms in total. The summed E-state index contributed by atoms with van der Waals surface area (Å²) < 4.78 is 3.67. The van der Waals surface area contributed by atoms with Crippen molar-refractivity contribution in [3.05, 3.63) is 30.1 Å². The summed E-state index contributed by atoms with van der Waals surface area (Å²) >= 11 is 0. The Bertz CT molecular complexity index is 429. The molecule has 0 fully saturated rings. The van der Waals surface area contributed by atoms with E-state index < -0.39 is 0 Å². The number of rotatable bonds is 4. The number of nitrogens with zero attached hydrogens (tertiary/aromatic N) is 5. The van der Waals surface area contributed by atoms with Crippen LogP contribution in [-0.2, 0) is 20.0 Å². The largest absolute Gasteiger partial charge is 0.331 e. The topological polar surface area (TPSA) is 74.5 Å². The Labute approximate surface area is 87.7 Å². The van der Waals surface area contributed by atoms with E-state index in [2.05, 4.69) is 15.3 Å². The maximum Gasteiger partial charge on any atom is 0.102 e. The van der Waals surface area contributed by atoms with Crippen molar-refractivity contribution in [2.75, 3.05) is 6.54 Å². The van der Waals surface area contributed by atoms with Crippen molar-refractivity contribution < 1.29 is 0 Å². The maximum absolute atomic E-state index is 5.45. The first-order valence-electron chi connectivity index (χ1n) is 4.84. The lowest BCUT2D eigenvalue weighted by molar-refractivity contribution is 0.709. The van der Waals surface area contributed by atoms with Crippen LogP contribution in [0.5, 0.6) is 0 Å². The first-order chi connectivity index (χ1) is 7.28. The first kappa shape index (κ1) is 9.85. The molecule has 0 aliphatic carbocycles. The predicted octanol–water partition coefficient (Wildman–Crippen LogP) is -0.439. The van der Waals surface area contributed by atoms with E-state index in [0.717, 1.165) is 17.8 Å². The summed E-state index contributed by atoms with van der Waals surface area (Å²) in [5.41, 5.74) is 7.39. The number of hydrogen-bond acceptors (Lipinski definition) is 4. The summed E-state index contributed by atoms with van der Waals surface area (Å²) in [6, 6.07) is 0. The van der Waals surface area contributed by atoms with Crippen LogP contribution in [0.2, 0.25) is 0 Å². The van der Waals surface area contributed by atoms with Gasteiger partial charge in [-0.1, -0.05) is 5.21 Å². The number of aromatic nitrogens is 5. The van der Waals surface area contributed by atoms with E-state index in [1.807, 2.05) is 24.0 Å². The van der Waals surface area contributed by atoms with Gasteiger partial charge in [0.05, 0.1) is 18.6 Å². The van der Waals surface area contributed by atoms with Gasteiger partial charge in [0.25, 0.3) is 0 Å². The van der Waals surface area contributed by atoms with Crippen LogP contribution in [0.15, 0.2) is 18.7 Å². The van der Waals surface area contributed by atoms with Crippen molar-refractivity contribution in [1.82, 2.24) is 24.5 Å². The van der Waals surface area contributed by atoms with E-state index in [1.54, 1.807) is 11.0 Å². The van der Waals surface area contributed by atoms with E-state index in [-0.39, 0.29) is 0 Å². The third-order valence-electron chi connectivity index (χ3n) is 2.08. The number of aryl methyl sites for hydroxylation is 1. The van der Waals surface area contributed by atoms with E-state index >= 15 is 0 Å². The molecule has 0 atom stereocenters. The van der Waals surface area contributed by atoms with Crippen LogP contribution in [0.4, 0.5) is 0 Å². The highest BCUT2D eigenvalue weighted by molar-refractivity contribution is 5.01. The minimum absolute atomic E-state index is 0.627. The van der Waals surface area contributed by atoms with E-state index in [1.165, 1.54) is 0 Å². The summed E-state index contributed by atoms with van der Waals surface area (Å²) in [5, 5.41) is 7.87. The van der Waals surface area contributed by atoms with Gasteiger partial charge in [0, 0.05) is 25.9 Å². The summed E-state index contributed by atoms with van der Waals surface area (Å²) in [6.45, 7) is 1.33. The average molecular weight is 206 g/mol. The van der Waals surface area contributed by atoms with Gasteiger partial charge in [-0.25, -0.2) is 4.98 Å². The molecule has 0 spiro atoms. The maximum atomic E-state index is 5.45. The second-order valence-corrected chi connectivity index (χ2v) is 3.46. The molecule has 6 heteroatoms. The van der Waals surface area contributed by atoms with Crippen molar-refractivity contribution in [2.45, 2.75) is 13.0 Å². The van der Waals surface area contributed by atoms with E-state index in [9.17, 15) is 0 Å². The molecule has 80 valence electrons. The van der Waals surface area contributed by atoms with Crippen LogP contribution in [0.25, 0.3) is 0 Å². The second-order valence-electron chi connectivity index (χ2n) is 3.46. The van der Waals surface area contributed by atoms with Gasteiger partial charge in [-0.15, -0.1) is 5.10 Å². The Morgan fingerprint density at radius 3 is 2.87 bits per heavy atom. The van der Waals surface area contributed by atoms with Gasteiger partial charge >= 0.3 is 0 Å². The molecule has 0 aliphatic rings. The number of hydrogen-bond donors (Lipinski definition) is 1. The normalized spacial score (nSPS) is 10.8. The lowest BCUT2D eigenvalue weighted by atomic mass is 10.3. The highest BCUT2D eigenvalue weighted by atomic mass is 15.4. The summed E-state index contributed by atoms with van der Waals surface area (Å²) in [4.78, 5) is 4.24.